The van der Waals surface area contributed by atoms with E-state index in [4.69, 9.17) is 0 Å². The lowest BCUT2D eigenvalue weighted by molar-refractivity contribution is -0.135. The van der Waals surface area contributed by atoms with Crippen molar-refractivity contribution in [2.75, 3.05) is 39.3 Å². The Labute approximate surface area is 150 Å². The maximum atomic E-state index is 12.8. The molecule has 2 saturated heterocycles. The van der Waals surface area contributed by atoms with Crippen LogP contribution in [0.2, 0.25) is 0 Å². The molecule has 0 radical (unpaired) electrons. The van der Waals surface area contributed by atoms with Gasteiger partial charge in [-0.05, 0) is 38.8 Å². The van der Waals surface area contributed by atoms with Gasteiger partial charge in [0, 0.05) is 39.3 Å². The summed E-state index contributed by atoms with van der Waals surface area (Å²) in [5, 5.41) is 0. The smallest absolute Gasteiger partial charge is 0.243 e. The number of hydrogen-bond donors (Lipinski definition) is 0. The molecular formula is C18H27N3O3S. The van der Waals surface area contributed by atoms with Crippen LogP contribution in [0, 0.1) is 6.92 Å². The molecule has 0 spiro atoms. The van der Waals surface area contributed by atoms with E-state index in [0.717, 1.165) is 31.5 Å². The lowest BCUT2D eigenvalue weighted by atomic mass is 10.2. The molecule has 0 N–H and O–H groups in total. The van der Waals surface area contributed by atoms with Crippen LogP contribution in [0.15, 0.2) is 29.2 Å². The van der Waals surface area contributed by atoms with E-state index >= 15 is 0 Å². The molecule has 2 aliphatic heterocycles. The van der Waals surface area contributed by atoms with Crippen molar-refractivity contribution >= 4 is 15.9 Å². The zero-order chi connectivity index (χ0) is 18.0. The molecule has 25 heavy (non-hydrogen) atoms. The number of carbonyl (C=O) groups is 1. The maximum absolute atomic E-state index is 12.8. The Hall–Kier alpha value is -1.44. The molecular weight excluding hydrogens is 338 g/mol. The second-order valence-electron chi connectivity index (χ2n) is 6.96. The summed E-state index contributed by atoms with van der Waals surface area (Å²) in [4.78, 5) is 16.9. The zero-order valence-electron chi connectivity index (χ0n) is 15.0. The first kappa shape index (κ1) is 18.4. The van der Waals surface area contributed by atoms with Gasteiger partial charge in [-0.25, -0.2) is 8.42 Å². The first-order valence-corrected chi connectivity index (χ1v) is 10.4. The van der Waals surface area contributed by atoms with E-state index in [1.54, 1.807) is 12.1 Å². The first-order valence-electron chi connectivity index (χ1n) is 8.99. The number of likely N-dealkylation sites (tertiary alicyclic amines) is 1. The maximum Gasteiger partial charge on any atom is 0.243 e. The van der Waals surface area contributed by atoms with Crippen LogP contribution in [0.3, 0.4) is 0 Å². The number of piperazine rings is 1. The molecule has 2 heterocycles. The number of amides is 1. The minimum absolute atomic E-state index is 0.173. The molecule has 2 aliphatic rings. The van der Waals surface area contributed by atoms with E-state index in [1.165, 1.54) is 4.31 Å². The molecule has 1 aromatic rings. The Bertz CT molecular complexity index is 704. The standard InChI is InChI=1S/C18H27N3O3S/c1-15-5-7-17(8-6-15)25(23,24)21-13-11-19(12-14-21)16(2)18(22)20-9-3-4-10-20/h5-8,16H,3-4,9-14H2,1-2H3/t16-/m1/s1. The number of carbonyl (C=O) groups excluding carboxylic acids is 1. The largest absolute Gasteiger partial charge is 0.341 e. The Morgan fingerprint density at radius 2 is 1.52 bits per heavy atom. The summed E-state index contributed by atoms with van der Waals surface area (Å²) in [5.74, 6) is 0.173. The van der Waals surface area contributed by atoms with Gasteiger partial charge in [-0.15, -0.1) is 0 Å². The van der Waals surface area contributed by atoms with Gasteiger partial charge in [-0.2, -0.15) is 4.31 Å². The SMILES string of the molecule is Cc1ccc(S(=O)(=O)N2CCN([C@H](C)C(=O)N3CCCC3)CC2)cc1. The molecule has 0 saturated carbocycles. The highest BCUT2D eigenvalue weighted by molar-refractivity contribution is 7.89. The third-order valence-corrected chi connectivity index (χ3v) is 7.17. The van der Waals surface area contributed by atoms with Gasteiger partial charge in [-0.1, -0.05) is 17.7 Å². The summed E-state index contributed by atoms with van der Waals surface area (Å²) in [6.07, 6.45) is 2.17. The van der Waals surface area contributed by atoms with E-state index < -0.39 is 10.0 Å². The Balaban J connectivity index is 1.61. The van der Waals surface area contributed by atoms with Gasteiger partial charge < -0.3 is 4.90 Å². The molecule has 0 aliphatic carbocycles. The summed E-state index contributed by atoms with van der Waals surface area (Å²) in [6.45, 7) is 7.61. The van der Waals surface area contributed by atoms with E-state index in [0.29, 0.717) is 31.1 Å². The average Bonchev–Trinajstić information content (AvgIpc) is 3.15. The molecule has 138 valence electrons. The van der Waals surface area contributed by atoms with Crippen LogP contribution < -0.4 is 0 Å². The van der Waals surface area contributed by atoms with E-state index in [2.05, 4.69) is 4.90 Å². The number of hydrogen-bond acceptors (Lipinski definition) is 4. The van der Waals surface area contributed by atoms with Crippen LogP contribution in [0.25, 0.3) is 0 Å². The normalized spacial score (nSPS) is 21.4. The van der Waals surface area contributed by atoms with Crippen molar-refractivity contribution < 1.29 is 13.2 Å². The van der Waals surface area contributed by atoms with Gasteiger partial charge in [0.2, 0.25) is 15.9 Å². The molecule has 7 heteroatoms. The quantitative estimate of drug-likeness (QED) is 0.807. The fourth-order valence-electron chi connectivity index (χ4n) is 3.55. The molecule has 0 aromatic heterocycles. The lowest BCUT2D eigenvalue weighted by Crippen LogP contribution is -2.55. The highest BCUT2D eigenvalue weighted by atomic mass is 32.2. The van der Waals surface area contributed by atoms with E-state index in [1.807, 2.05) is 30.9 Å². The number of rotatable bonds is 4. The van der Waals surface area contributed by atoms with Crippen molar-refractivity contribution in [3.8, 4) is 0 Å². The van der Waals surface area contributed by atoms with Gasteiger partial charge in [0.05, 0.1) is 10.9 Å². The monoisotopic (exact) mass is 365 g/mol. The number of sulfonamides is 1. The zero-order valence-corrected chi connectivity index (χ0v) is 15.8. The van der Waals surface area contributed by atoms with Crippen LogP contribution in [0.5, 0.6) is 0 Å². The Kier molecular flexibility index (Phi) is 5.46. The molecule has 0 bridgehead atoms. The van der Waals surface area contributed by atoms with E-state index in [9.17, 15) is 13.2 Å². The second kappa shape index (κ2) is 7.43. The van der Waals surface area contributed by atoms with Crippen LogP contribution in [0.4, 0.5) is 0 Å². The summed E-state index contributed by atoms with van der Waals surface area (Å²) >= 11 is 0. The predicted octanol–water partition coefficient (Wildman–Crippen LogP) is 1.31. The van der Waals surface area contributed by atoms with Gasteiger partial charge >= 0.3 is 0 Å². The summed E-state index contributed by atoms with van der Waals surface area (Å²) in [6, 6.07) is 6.79. The number of aryl methyl sites for hydroxylation is 1. The van der Waals surface area contributed by atoms with Crippen LogP contribution >= 0.6 is 0 Å². The molecule has 2 fully saturated rings. The number of benzene rings is 1. The fourth-order valence-corrected chi connectivity index (χ4v) is 4.97. The van der Waals surface area contributed by atoms with Gasteiger partial charge in [-0.3, -0.25) is 9.69 Å². The van der Waals surface area contributed by atoms with Crippen molar-refractivity contribution in [3.05, 3.63) is 29.8 Å². The third kappa shape index (κ3) is 3.88. The third-order valence-electron chi connectivity index (χ3n) is 5.25. The Morgan fingerprint density at radius 1 is 0.960 bits per heavy atom. The second-order valence-corrected chi connectivity index (χ2v) is 8.90. The van der Waals surface area contributed by atoms with Crippen LogP contribution in [-0.4, -0.2) is 73.7 Å². The predicted molar refractivity (Wildman–Crippen MR) is 96.8 cm³/mol. The fraction of sp³-hybridized carbons (Fsp3) is 0.611. The molecule has 1 amide bonds. The minimum atomic E-state index is -3.45. The Morgan fingerprint density at radius 3 is 2.08 bits per heavy atom. The molecule has 1 aromatic carbocycles. The topological polar surface area (TPSA) is 60.9 Å². The number of nitrogens with zero attached hydrogens (tertiary/aromatic N) is 3. The van der Waals surface area contributed by atoms with Crippen molar-refractivity contribution in [2.45, 2.75) is 37.6 Å². The van der Waals surface area contributed by atoms with Crippen LogP contribution in [-0.2, 0) is 14.8 Å². The lowest BCUT2D eigenvalue weighted by Gasteiger charge is -2.37. The van der Waals surface area contributed by atoms with Crippen LogP contribution in [0.1, 0.15) is 25.3 Å². The van der Waals surface area contributed by atoms with Gasteiger partial charge in [0.25, 0.3) is 0 Å². The van der Waals surface area contributed by atoms with Gasteiger partial charge in [0.15, 0.2) is 0 Å². The molecule has 6 nitrogen and oxygen atoms in total. The summed E-state index contributed by atoms with van der Waals surface area (Å²) in [5.41, 5.74) is 1.04. The molecule has 3 rings (SSSR count). The molecule has 0 unspecified atom stereocenters. The summed E-state index contributed by atoms with van der Waals surface area (Å²) < 4.78 is 27.0. The summed E-state index contributed by atoms with van der Waals surface area (Å²) in [7, 11) is -3.45. The van der Waals surface area contributed by atoms with Crippen molar-refractivity contribution in [3.63, 3.8) is 0 Å². The minimum Gasteiger partial charge on any atom is -0.341 e. The van der Waals surface area contributed by atoms with Crippen molar-refractivity contribution in [2.24, 2.45) is 0 Å². The molecule has 1 atom stereocenters. The van der Waals surface area contributed by atoms with Crippen molar-refractivity contribution in [1.82, 2.24) is 14.1 Å². The average molecular weight is 365 g/mol. The highest BCUT2D eigenvalue weighted by Crippen LogP contribution is 2.20. The first-order chi connectivity index (χ1) is 11.9. The van der Waals surface area contributed by atoms with Gasteiger partial charge in [0.1, 0.15) is 0 Å². The highest BCUT2D eigenvalue weighted by Gasteiger charge is 2.33. The van der Waals surface area contributed by atoms with Crippen molar-refractivity contribution in [1.29, 1.82) is 0 Å². The van der Waals surface area contributed by atoms with E-state index in [-0.39, 0.29) is 11.9 Å².